The maximum absolute atomic E-state index is 12.6. The Morgan fingerprint density at radius 2 is 1.72 bits per heavy atom. The lowest BCUT2D eigenvalue weighted by Gasteiger charge is -2.70. The summed E-state index contributed by atoms with van der Waals surface area (Å²) in [6.07, 6.45) is 12.0. The topological polar surface area (TPSA) is 57.5 Å². The molecule has 0 heterocycles. The third kappa shape index (κ3) is 2.55. The van der Waals surface area contributed by atoms with Gasteiger partial charge in [0.1, 0.15) is 0 Å². The van der Waals surface area contributed by atoms with E-state index in [0.29, 0.717) is 11.8 Å². The van der Waals surface area contributed by atoms with E-state index in [1.54, 1.807) is 0 Å². The number of hydrogen-bond acceptors (Lipinski definition) is 2. The number of carboxylic acids is 1. The fourth-order valence-electron chi connectivity index (χ4n) is 10.2. The molecule has 0 aliphatic heterocycles. The highest BCUT2D eigenvalue weighted by Crippen LogP contribution is 2.75. The smallest absolute Gasteiger partial charge is 0.310 e. The van der Waals surface area contributed by atoms with Gasteiger partial charge in [0.15, 0.2) is 0 Å². The van der Waals surface area contributed by atoms with Crippen LogP contribution in [-0.4, -0.2) is 22.3 Å². The minimum atomic E-state index is -0.590. The molecule has 178 valence electrons. The molecule has 0 aromatic carbocycles. The van der Waals surface area contributed by atoms with Crippen molar-refractivity contribution in [3.8, 4) is 0 Å². The molecule has 0 aromatic heterocycles. The van der Waals surface area contributed by atoms with E-state index < -0.39 is 11.4 Å². The summed E-state index contributed by atoms with van der Waals surface area (Å²) < 4.78 is 0. The Labute approximate surface area is 194 Å². The van der Waals surface area contributed by atoms with E-state index in [1.807, 2.05) is 0 Å². The molecule has 0 spiro atoms. The monoisotopic (exact) mass is 440 g/mol. The fourth-order valence-corrected chi connectivity index (χ4v) is 10.2. The maximum atomic E-state index is 12.6. The summed E-state index contributed by atoms with van der Waals surface area (Å²) in [6, 6.07) is 0. The lowest BCUT2D eigenvalue weighted by atomic mass is 9.34. The molecule has 4 saturated carbocycles. The van der Waals surface area contributed by atoms with E-state index in [9.17, 15) is 15.0 Å². The summed E-state index contributed by atoms with van der Waals surface area (Å²) >= 11 is 0. The number of rotatable bonds is 1. The second-order valence-corrected chi connectivity index (χ2v) is 13.6. The van der Waals surface area contributed by atoms with Gasteiger partial charge in [0.05, 0.1) is 11.5 Å². The second kappa shape index (κ2) is 6.74. The summed E-state index contributed by atoms with van der Waals surface area (Å²) in [6.45, 7) is 16.5. The Bertz CT molecular complexity index is 885. The van der Waals surface area contributed by atoms with Gasteiger partial charge in [0.25, 0.3) is 0 Å². The van der Waals surface area contributed by atoms with Crippen molar-refractivity contribution in [3.63, 3.8) is 0 Å². The van der Waals surface area contributed by atoms with Crippen molar-refractivity contribution in [1.82, 2.24) is 0 Å². The van der Waals surface area contributed by atoms with Gasteiger partial charge in [-0.05, 0) is 97.7 Å². The van der Waals surface area contributed by atoms with Gasteiger partial charge in [0.2, 0.25) is 0 Å². The zero-order valence-electron chi connectivity index (χ0n) is 21.0. The molecule has 3 heteroatoms. The van der Waals surface area contributed by atoms with Crippen molar-refractivity contribution < 1.29 is 15.0 Å². The molecule has 8 atom stereocenters. The Morgan fingerprint density at radius 1 is 1.00 bits per heavy atom. The van der Waals surface area contributed by atoms with E-state index in [1.165, 1.54) is 24.0 Å². The molecule has 0 amide bonds. The number of hydrogen-bond donors (Lipinski definition) is 2. The quantitative estimate of drug-likeness (QED) is 0.443. The van der Waals surface area contributed by atoms with Gasteiger partial charge in [0, 0.05) is 5.92 Å². The van der Waals surface area contributed by atoms with Gasteiger partial charge in [-0.1, -0.05) is 58.4 Å². The normalized spacial score (nSPS) is 52.1. The van der Waals surface area contributed by atoms with Gasteiger partial charge >= 0.3 is 5.97 Å². The molecule has 32 heavy (non-hydrogen) atoms. The number of aliphatic hydroxyl groups excluding tert-OH is 1. The Balaban J connectivity index is 1.60. The molecule has 4 fully saturated rings. The van der Waals surface area contributed by atoms with Crippen molar-refractivity contribution >= 4 is 5.97 Å². The van der Waals surface area contributed by atoms with Gasteiger partial charge in [-0.15, -0.1) is 0 Å². The molecule has 0 bridgehead atoms. The number of fused-ring (bicyclic) bond motifs is 7. The molecule has 2 N–H and O–H groups in total. The highest BCUT2D eigenvalue weighted by atomic mass is 16.4. The Morgan fingerprint density at radius 3 is 2.41 bits per heavy atom. The first-order valence-electron chi connectivity index (χ1n) is 13.1. The second-order valence-electron chi connectivity index (χ2n) is 13.6. The lowest BCUT2D eigenvalue weighted by molar-refractivity contribution is -0.203. The molecular weight excluding hydrogens is 396 g/mol. The first-order valence-corrected chi connectivity index (χ1v) is 13.1. The Kier molecular flexibility index (Phi) is 4.78. The van der Waals surface area contributed by atoms with Gasteiger partial charge < -0.3 is 10.2 Å². The minimum Gasteiger partial charge on any atom is -0.481 e. The van der Waals surface area contributed by atoms with E-state index in [-0.39, 0.29) is 33.7 Å². The molecule has 5 rings (SSSR count). The first kappa shape index (κ1) is 22.7. The number of allylic oxidation sites excluding steroid dienone is 3. The van der Waals surface area contributed by atoms with Crippen LogP contribution in [-0.2, 0) is 4.79 Å². The van der Waals surface area contributed by atoms with E-state index in [0.717, 1.165) is 51.4 Å². The van der Waals surface area contributed by atoms with Gasteiger partial charge in [-0.3, -0.25) is 4.79 Å². The summed E-state index contributed by atoms with van der Waals surface area (Å²) in [4.78, 5) is 12.6. The van der Waals surface area contributed by atoms with E-state index in [2.05, 4.69) is 47.3 Å². The summed E-state index contributed by atoms with van der Waals surface area (Å²) in [5.41, 5.74) is 2.55. The zero-order chi connectivity index (χ0) is 23.3. The van der Waals surface area contributed by atoms with Crippen LogP contribution < -0.4 is 0 Å². The average molecular weight is 441 g/mol. The van der Waals surface area contributed by atoms with Crippen LogP contribution in [0.1, 0.15) is 98.8 Å². The number of aliphatic hydroxyl groups is 1. The largest absolute Gasteiger partial charge is 0.481 e. The summed E-state index contributed by atoms with van der Waals surface area (Å²) in [5.74, 6) is 0.682. The molecular formula is C29H44O3. The van der Waals surface area contributed by atoms with Crippen LogP contribution in [0, 0.1) is 44.8 Å². The lowest BCUT2D eigenvalue weighted by Crippen LogP contribution is -2.64. The third-order valence-corrected chi connectivity index (χ3v) is 12.5. The molecule has 1 unspecified atom stereocenters. The highest BCUT2D eigenvalue weighted by molar-refractivity contribution is 5.77. The van der Waals surface area contributed by atoms with E-state index in [4.69, 9.17) is 0 Å². The zero-order valence-corrected chi connectivity index (χ0v) is 21.0. The standard InChI is InChI=1S/C29H44O3/c1-18-9-14-29(24(31)32)16-15-27(5)19(20(29)17-18)7-8-22-26(4)12-11-23(30)25(2,3)21(26)10-13-28(22,27)6/h7,20-23,30H,1,8-17H2,2-6H3,(H,31,32)/t20-,21?,22-,23+,26+,27-,28-,29+/m1/s1. The molecule has 5 aliphatic rings. The SMILES string of the molecule is C=C1CC[C@]2(C(=O)O)CC[C@]3(C)C(=CC[C@@H]4[C@@]5(C)CC[C@H](O)C(C)(C)C5CC[C@]43C)[C@H]2C1. The van der Waals surface area contributed by atoms with Crippen LogP contribution in [0.4, 0.5) is 0 Å². The van der Waals surface area contributed by atoms with Crippen LogP contribution in [0.2, 0.25) is 0 Å². The van der Waals surface area contributed by atoms with Crippen LogP contribution in [0.3, 0.4) is 0 Å². The van der Waals surface area contributed by atoms with Crippen LogP contribution in [0.5, 0.6) is 0 Å². The van der Waals surface area contributed by atoms with Crippen molar-refractivity contribution in [2.75, 3.05) is 0 Å². The molecule has 0 aromatic rings. The molecule has 0 saturated heterocycles. The van der Waals surface area contributed by atoms with Crippen molar-refractivity contribution in [2.24, 2.45) is 44.8 Å². The number of carbonyl (C=O) groups is 1. The highest BCUT2D eigenvalue weighted by Gasteiger charge is 2.68. The fraction of sp³-hybridized carbons (Fsp3) is 0.828. The third-order valence-electron chi connectivity index (χ3n) is 12.5. The number of aliphatic carboxylic acids is 1. The summed E-state index contributed by atoms with van der Waals surface area (Å²) in [5, 5.41) is 21.2. The van der Waals surface area contributed by atoms with E-state index >= 15 is 0 Å². The maximum Gasteiger partial charge on any atom is 0.310 e. The summed E-state index contributed by atoms with van der Waals surface area (Å²) in [7, 11) is 0. The predicted molar refractivity (Wildman–Crippen MR) is 128 cm³/mol. The Hall–Kier alpha value is -1.09. The molecule has 5 aliphatic carbocycles. The molecule has 0 radical (unpaired) electrons. The first-order chi connectivity index (χ1) is 14.8. The van der Waals surface area contributed by atoms with Gasteiger partial charge in [-0.25, -0.2) is 0 Å². The number of carboxylic acid groups (broad SMARTS) is 1. The van der Waals surface area contributed by atoms with Crippen molar-refractivity contribution in [3.05, 3.63) is 23.8 Å². The van der Waals surface area contributed by atoms with Gasteiger partial charge in [-0.2, -0.15) is 0 Å². The predicted octanol–water partition coefficient (Wildman–Crippen LogP) is 6.76. The van der Waals surface area contributed by atoms with Crippen LogP contribution in [0.15, 0.2) is 23.8 Å². The van der Waals surface area contributed by atoms with Crippen molar-refractivity contribution in [2.45, 2.75) is 105 Å². The molecule has 3 nitrogen and oxygen atoms in total. The van der Waals surface area contributed by atoms with Crippen molar-refractivity contribution in [1.29, 1.82) is 0 Å². The van der Waals surface area contributed by atoms with Crippen LogP contribution in [0.25, 0.3) is 0 Å². The van der Waals surface area contributed by atoms with Crippen LogP contribution >= 0.6 is 0 Å². The average Bonchev–Trinajstić information content (AvgIpc) is 2.71. The minimum absolute atomic E-state index is 0.0363.